The molecule has 2 aromatic rings. The highest BCUT2D eigenvalue weighted by molar-refractivity contribution is 9.10. The summed E-state index contributed by atoms with van der Waals surface area (Å²) in [6.07, 6.45) is -4.53. The average molecular weight is 560 g/mol. The summed E-state index contributed by atoms with van der Waals surface area (Å²) in [6, 6.07) is 8.95. The minimum absolute atomic E-state index is 0.0678. The lowest BCUT2D eigenvalue weighted by Gasteiger charge is -2.34. The number of nitrogens with zero attached hydrogens (tertiary/aromatic N) is 2. The summed E-state index contributed by atoms with van der Waals surface area (Å²) in [6.45, 7) is 9.99. The Morgan fingerprint density at radius 3 is 2.29 bits per heavy atom. The molecule has 6 nitrogen and oxygen atoms in total. The van der Waals surface area contributed by atoms with Crippen molar-refractivity contribution in [3.05, 3.63) is 52.0 Å². The van der Waals surface area contributed by atoms with E-state index in [1.807, 2.05) is 18.7 Å². The monoisotopic (exact) mass is 559 g/mol. The predicted octanol–water partition coefficient (Wildman–Crippen LogP) is 5.66. The molecule has 35 heavy (non-hydrogen) atoms. The fourth-order valence-electron chi connectivity index (χ4n) is 3.66. The van der Waals surface area contributed by atoms with Crippen molar-refractivity contribution < 1.29 is 27.4 Å². The van der Waals surface area contributed by atoms with Gasteiger partial charge in [0.25, 0.3) is 5.91 Å². The van der Waals surface area contributed by atoms with Gasteiger partial charge in [-0.15, -0.1) is 0 Å². The molecule has 194 valence electrons. The maximum Gasteiger partial charge on any atom is 0.416 e. The topological polar surface area (TPSA) is 54.0 Å². The van der Waals surface area contributed by atoms with Crippen molar-refractivity contribution >= 4 is 27.5 Å². The number of amides is 1. The lowest BCUT2D eigenvalue weighted by Crippen LogP contribution is -2.45. The Bertz CT molecular complexity index is 965. The molecule has 1 aliphatic rings. The fourth-order valence-corrected chi connectivity index (χ4v) is 4.00. The highest BCUT2D eigenvalue weighted by Gasteiger charge is 2.34. The van der Waals surface area contributed by atoms with E-state index in [0.717, 1.165) is 43.3 Å². The molecule has 0 aliphatic carbocycles. The molecule has 0 unspecified atom stereocenters. The van der Waals surface area contributed by atoms with Gasteiger partial charge in [-0.3, -0.25) is 9.69 Å². The van der Waals surface area contributed by atoms with Crippen LogP contribution in [0.15, 0.2) is 40.9 Å². The largest absolute Gasteiger partial charge is 0.493 e. The molecule has 3 rings (SSSR count). The summed E-state index contributed by atoms with van der Waals surface area (Å²) in [5.74, 6) is 0.211. The summed E-state index contributed by atoms with van der Waals surface area (Å²) in [5.41, 5.74) is -0.478. The number of carbonyl (C=O) groups is 1. The minimum Gasteiger partial charge on any atom is -0.493 e. The van der Waals surface area contributed by atoms with Crippen LogP contribution in [0.3, 0.4) is 0 Å². The maximum atomic E-state index is 13.7. The first kappa shape index (κ1) is 28.9. The molecule has 1 heterocycles. The summed E-state index contributed by atoms with van der Waals surface area (Å²) in [5, 5.41) is 2.48. The Morgan fingerprint density at radius 2 is 1.69 bits per heavy atom. The first-order chi connectivity index (χ1) is 16.7. The number of likely N-dealkylation sites (N-methyl/N-ethyl adjacent to an activating group) is 1. The van der Waals surface area contributed by atoms with Crippen molar-refractivity contribution in [2.24, 2.45) is 0 Å². The minimum atomic E-state index is -4.53. The van der Waals surface area contributed by atoms with Crippen molar-refractivity contribution in [1.29, 1.82) is 0 Å². The molecule has 1 N–H and O–H groups in total. The van der Waals surface area contributed by atoms with Gasteiger partial charge < -0.3 is 19.7 Å². The van der Waals surface area contributed by atoms with E-state index < -0.39 is 17.6 Å². The molecule has 1 amide bonds. The van der Waals surface area contributed by atoms with Crippen LogP contribution in [0.1, 0.15) is 31.9 Å². The molecule has 0 atom stereocenters. The Morgan fingerprint density at radius 1 is 1.03 bits per heavy atom. The quantitative estimate of drug-likeness (QED) is 0.452. The highest BCUT2D eigenvalue weighted by atomic mass is 79.9. The normalized spacial score (nSPS) is 14.6. The molecule has 1 fully saturated rings. The smallest absolute Gasteiger partial charge is 0.416 e. The molecule has 1 aliphatic heterocycles. The predicted molar refractivity (Wildman–Crippen MR) is 135 cm³/mol. The van der Waals surface area contributed by atoms with E-state index in [-0.39, 0.29) is 24.4 Å². The van der Waals surface area contributed by atoms with E-state index >= 15 is 0 Å². The summed E-state index contributed by atoms with van der Waals surface area (Å²) in [4.78, 5) is 16.6. The number of ether oxygens (including phenoxy) is 2. The molecule has 0 aromatic heterocycles. The number of anilines is 1. The van der Waals surface area contributed by atoms with Crippen molar-refractivity contribution in [2.45, 2.75) is 33.5 Å². The van der Waals surface area contributed by atoms with E-state index in [9.17, 15) is 18.0 Å². The SMILES string of the molecule is CC.CCN1CCN(Cc2ccc(NC(=O)COc3ccc(Br)cc3OC)cc2C(F)(F)F)CC1. The number of nitrogens with one attached hydrogen (secondary N) is 1. The Labute approximate surface area is 213 Å². The van der Waals surface area contributed by atoms with Gasteiger partial charge in [-0.05, 0) is 42.4 Å². The van der Waals surface area contributed by atoms with Crippen LogP contribution in [-0.2, 0) is 17.5 Å². The van der Waals surface area contributed by atoms with Gasteiger partial charge in [0.05, 0.1) is 12.7 Å². The number of hydrogen-bond acceptors (Lipinski definition) is 5. The second-order valence-corrected chi connectivity index (χ2v) is 8.63. The molecule has 10 heteroatoms. The average Bonchev–Trinajstić information content (AvgIpc) is 2.85. The zero-order valence-corrected chi connectivity index (χ0v) is 22.1. The molecule has 1 saturated heterocycles. The van der Waals surface area contributed by atoms with Gasteiger partial charge in [-0.25, -0.2) is 0 Å². The van der Waals surface area contributed by atoms with Crippen LogP contribution in [-0.4, -0.2) is 62.1 Å². The van der Waals surface area contributed by atoms with Gasteiger partial charge in [-0.1, -0.05) is 42.8 Å². The van der Waals surface area contributed by atoms with Crippen LogP contribution in [0.2, 0.25) is 0 Å². The number of piperazine rings is 1. The fraction of sp³-hybridized carbons (Fsp3) is 0.480. The third-order valence-electron chi connectivity index (χ3n) is 5.49. The summed E-state index contributed by atoms with van der Waals surface area (Å²) >= 11 is 3.32. The maximum absolute atomic E-state index is 13.7. The highest BCUT2D eigenvalue weighted by Crippen LogP contribution is 2.35. The van der Waals surface area contributed by atoms with Crippen LogP contribution < -0.4 is 14.8 Å². The van der Waals surface area contributed by atoms with Crippen molar-refractivity contribution in [3.63, 3.8) is 0 Å². The van der Waals surface area contributed by atoms with Crippen LogP contribution in [0.4, 0.5) is 18.9 Å². The number of benzene rings is 2. The van der Waals surface area contributed by atoms with Crippen molar-refractivity contribution in [2.75, 3.05) is 51.8 Å². The molecule has 0 bridgehead atoms. The Hall–Kier alpha value is -2.30. The van der Waals surface area contributed by atoms with Crippen LogP contribution >= 0.6 is 15.9 Å². The number of carbonyl (C=O) groups excluding carboxylic acids is 1. The zero-order valence-electron chi connectivity index (χ0n) is 20.5. The van der Waals surface area contributed by atoms with Crippen LogP contribution in [0.5, 0.6) is 11.5 Å². The third-order valence-corrected chi connectivity index (χ3v) is 5.98. The van der Waals surface area contributed by atoms with E-state index in [2.05, 4.69) is 33.1 Å². The molecule has 0 radical (unpaired) electrons. The van der Waals surface area contributed by atoms with E-state index in [0.29, 0.717) is 11.5 Å². The Kier molecular flexibility index (Phi) is 11.3. The van der Waals surface area contributed by atoms with Gasteiger partial charge >= 0.3 is 6.18 Å². The first-order valence-corrected chi connectivity index (χ1v) is 12.4. The molecule has 0 spiro atoms. The van der Waals surface area contributed by atoms with Gasteiger partial charge in [0, 0.05) is 42.9 Å². The number of alkyl halides is 3. The third kappa shape index (κ3) is 8.70. The number of halogens is 4. The molecule has 0 saturated carbocycles. The van der Waals surface area contributed by atoms with E-state index in [1.54, 1.807) is 18.2 Å². The summed E-state index contributed by atoms with van der Waals surface area (Å²) < 4.78 is 52.7. The number of hydrogen-bond donors (Lipinski definition) is 1. The lowest BCUT2D eigenvalue weighted by molar-refractivity contribution is -0.138. The van der Waals surface area contributed by atoms with Gasteiger partial charge in [0.2, 0.25) is 0 Å². The van der Waals surface area contributed by atoms with Gasteiger partial charge in [0.1, 0.15) is 0 Å². The van der Waals surface area contributed by atoms with E-state index in [1.165, 1.54) is 19.2 Å². The lowest BCUT2D eigenvalue weighted by atomic mass is 10.0. The van der Waals surface area contributed by atoms with Gasteiger partial charge in [0.15, 0.2) is 18.1 Å². The first-order valence-electron chi connectivity index (χ1n) is 11.6. The standard InChI is InChI=1S/C23H27BrF3N3O3.C2H6/c1-3-29-8-10-30(11-9-29)14-16-4-6-18(13-19(16)23(25,26)27)28-22(31)15-33-20-7-5-17(24)12-21(20)32-2;1-2/h4-7,12-13H,3,8-11,14-15H2,1-2H3,(H,28,31);1-2H3. The Balaban J connectivity index is 0.00000210. The summed E-state index contributed by atoms with van der Waals surface area (Å²) in [7, 11) is 1.47. The van der Waals surface area contributed by atoms with E-state index in [4.69, 9.17) is 9.47 Å². The molecular formula is C25H33BrF3N3O3. The second-order valence-electron chi connectivity index (χ2n) is 7.71. The molecular weight excluding hydrogens is 527 g/mol. The zero-order chi connectivity index (χ0) is 26.0. The van der Waals surface area contributed by atoms with Crippen LogP contribution in [0, 0.1) is 0 Å². The number of methoxy groups -OCH3 is 1. The van der Waals surface area contributed by atoms with Gasteiger partial charge in [-0.2, -0.15) is 13.2 Å². The van der Waals surface area contributed by atoms with Crippen molar-refractivity contribution in [3.8, 4) is 11.5 Å². The van der Waals surface area contributed by atoms with Crippen molar-refractivity contribution in [1.82, 2.24) is 9.80 Å². The van der Waals surface area contributed by atoms with Crippen LogP contribution in [0.25, 0.3) is 0 Å². The molecule has 2 aromatic carbocycles. The second kappa shape index (κ2) is 13.7. The number of rotatable bonds is 8.